The van der Waals surface area contributed by atoms with Crippen LogP contribution in [0.2, 0.25) is 0 Å². The van der Waals surface area contributed by atoms with Crippen LogP contribution in [0.15, 0.2) is 36.9 Å². The van der Waals surface area contributed by atoms with Crippen LogP contribution in [0.1, 0.15) is 29.6 Å². The minimum atomic E-state index is -0.291. The van der Waals surface area contributed by atoms with Gasteiger partial charge in [-0.1, -0.05) is 0 Å². The predicted octanol–water partition coefficient (Wildman–Crippen LogP) is 1.14. The van der Waals surface area contributed by atoms with Crippen LogP contribution in [0.4, 0.5) is 5.95 Å². The fourth-order valence-corrected chi connectivity index (χ4v) is 3.61. The van der Waals surface area contributed by atoms with E-state index in [1.54, 1.807) is 24.5 Å². The van der Waals surface area contributed by atoms with E-state index in [9.17, 15) is 4.79 Å². The summed E-state index contributed by atoms with van der Waals surface area (Å²) in [4.78, 5) is 22.9. The van der Waals surface area contributed by atoms with E-state index in [0.717, 1.165) is 19.3 Å². The minimum Gasteiger partial charge on any atom is -0.373 e. The van der Waals surface area contributed by atoms with Gasteiger partial charge in [0, 0.05) is 31.6 Å². The third-order valence-electron chi connectivity index (χ3n) is 4.83. The topological polar surface area (TPSA) is 93.1 Å². The molecule has 0 unspecified atom stereocenters. The van der Waals surface area contributed by atoms with Gasteiger partial charge in [-0.25, -0.2) is 9.97 Å². The minimum absolute atomic E-state index is 0.0168. The first kappa shape index (κ1) is 15.9. The molecule has 0 radical (unpaired) electrons. The normalized spacial score (nSPS) is 25.9. The summed E-state index contributed by atoms with van der Waals surface area (Å²) >= 11 is 0. The van der Waals surface area contributed by atoms with Crippen molar-refractivity contribution in [1.82, 2.24) is 25.1 Å². The average Bonchev–Trinajstić information content (AvgIpc) is 3.06. The summed E-state index contributed by atoms with van der Waals surface area (Å²) < 4.78 is 6.11. The Morgan fingerprint density at radius 2 is 2.16 bits per heavy atom. The summed E-state index contributed by atoms with van der Waals surface area (Å²) in [5, 5.41) is 10.9. The molecule has 2 aromatic rings. The summed E-state index contributed by atoms with van der Waals surface area (Å²) in [6.45, 7) is 1.96. The van der Waals surface area contributed by atoms with E-state index in [1.165, 1.54) is 12.4 Å². The number of aromatic nitrogens is 4. The second kappa shape index (κ2) is 6.72. The van der Waals surface area contributed by atoms with Crippen LogP contribution >= 0.6 is 0 Å². The van der Waals surface area contributed by atoms with Crippen molar-refractivity contribution in [2.24, 2.45) is 0 Å². The molecule has 1 N–H and O–H groups in total. The summed E-state index contributed by atoms with van der Waals surface area (Å²) in [5.74, 6) is 0.621. The summed E-state index contributed by atoms with van der Waals surface area (Å²) in [6, 6.07) is 3.73. The van der Waals surface area contributed by atoms with Crippen LogP contribution in [0, 0.1) is 0 Å². The van der Waals surface area contributed by atoms with E-state index >= 15 is 0 Å². The molecule has 0 aliphatic carbocycles. The zero-order valence-corrected chi connectivity index (χ0v) is 13.8. The number of hydrogen-bond acceptors (Lipinski definition) is 7. The maximum absolute atomic E-state index is 12.6. The highest BCUT2D eigenvalue weighted by atomic mass is 16.5. The van der Waals surface area contributed by atoms with Gasteiger partial charge in [0.25, 0.3) is 5.91 Å². The highest BCUT2D eigenvalue weighted by molar-refractivity contribution is 5.94. The quantitative estimate of drug-likeness (QED) is 0.895. The molecule has 2 aromatic heterocycles. The molecule has 2 aliphatic heterocycles. The molecule has 2 atom stereocenters. The van der Waals surface area contributed by atoms with E-state index in [-0.39, 0.29) is 17.6 Å². The lowest BCUT2D eigenvalue weighted by atomic mass is 9.89. The summed E-state index contributed by atoms with van der Waals surface area (Å²) in [5.41, 5.74) is 0.274. The number of likely N-dealkylation sites (tertiary alicyclic amines) is 1. The van der Waals surface area contributed by atoms with Crippen molar-refractivity contribution in [2.75, 3.05) is 25.0 Å². The molecule has 1 spiro atoms. The number of amides is 1. The Kier molecular flexibility index (Phi) is 4.27. The van der Waals surface area contributed by atoms with Gasteiger partial charge in [0.05, 0.1) is 30.1 Å². The molecule has 4 heterocycles. The van der Waals surface area contributed by atoms with Crippen LogP contribution in [0.25, 0.3) is 0 Å². The molecule has 8 heteroatoms. The highest BCUT2D eigenvalue weighted by Crippen LogP contribution is 2.35. The molecule has 130 valence electrons. The number of hydrogen-bond donors (Lipinski definition) is 1. The van der Waals surface area contributed by atoms with Crippen LogP contribution in [-0.2, 0) is 4.74 Å². The number of carbonyl (C=O) groups is 1. The Morgan fingerprint density at radius 3 is 2.96 bits per heavy atom. The van der Waals surface area contributed by atoms with Gasteiger partial charge in [0.2, 0.25) is 5.95 Å². The standard InChI is InChI=1S/C17H20N6O2/c24-15(13-2-7-20-21-11-13)23-8-4-17(12-23)10-14(3-9-25-17)22-16-18-5-1-6-19-16/h1-2,5-7,11,14H,3-4,8-10,12H2,(H,18,19,22)/t14-,17+/m1/s1. The first-order chi connectivity index (χ1) is 12.2. The van der Waals surface area contributed by atoms with E-state index in [0.29, 0.717) is 31.2 Å². The fourth-order valence-electron chi connectivity index (χ4n) is 3.61. The third kappa shape index (κ3) is 3.43. The van der Waals surface area contributed by atoms with Gasteiger partial charge in [0.1, 0.15) is 0 Å². The first-order valence-electron chi connectivity index (χ1n) is 8.48. The third-order valence-corrected chi connectivity index (χ3v) is 4.83. The number of ether oxygens (including phenoxy) is 1. The largest absolute Gasteiger partial charge is 0.373 e. The molecule has 8 nitrogen and oxygen atoms in total. The van der Waals surface area contributed by atoms with E-state index in [2.05, 4.69) is 25.5 Å². The van der Waals surface area contributed by atoms with Gasteiger partial charge in [0.15, 0.2) is 0 Å². The van der Waals surface area contributed by atoms with Crippen molar-refractivity contribution in [3.05, 3.63) is 42.5 Å². The number of nitrogens with one attached hydrogen (secondary N) is 1. The predicted molar refractivity (Wildman–Crippen MR) is 89.9 cm³/mol. The molecular weight excluding hydrogens is 320 g/mol. The van der Waals surface area contributed by atoms with Gasteiger partial charge in [-0.05, 0) is 31.4 Å². The lowest BCUT2D eigenvalue weighted by Gasteiger charge is -2.38. The highest BCUT2D eigenvalue weighted by Gasteiger charge is 2.44. The van der Waals surface area contributed by atoms with Gasteiger partial charge in [-0.2, -0.15) is 10.2 Å². The van der Waals surface area contributed by atoms with Crippen molar-refractivity contribution in [2.45, 2.75) is 30.9 Å². The Bertz CT molecular complexity index is 728. The molecule has 2 saturated heterocycles. The monoisotopic (exact) mass is 340 g/mol. The maximum atomic E-state index is 12.6. The molecule has 0 aromatic carbocycles. The molecule has 4 rings (SSSR count). The van der Waals surface area contributed by atoms with Crippen LogP contribution in [0.5, 0.6) is 0 Å². The molecule has 25 heavy (non-hydrogen) atoms. The van der Waals surface area contributed by atoms with Crippen LogP contribution in [0.3, 0.4) is 0 Å². The number of nitrogens with zero attached hydrogens (tertiary/aromatic N) is 5. The molecule has 0 saturated carbocycles. The van der Waals surface area contributed by atoms with Crippen LogP contribution in [-0.4, -0.2) is 62.3 Å². The Morgan fingerprint density at radius 1 is 1.28 bits per heavy atom. The number of rotatable bonds is 3. The zero-order chi connectivity index (χ0) is 17.1. The Labute approximate surface area is 145 Å². The molecule has 2 fully saturated rings. The van der Waals surface area contributed by atoms with Gasteiger partial charge >= 0.3 is 0 Å². The zero-order valence-electron chi connectivity index (χ0n) is 13.8. The number of anilines is 1. The molecule has 2 aliphatic rings. The van der Waals surface area contributed by atoms with Crippen LogP contribution < -0.4 is 5.32 Å². The summed E-state index contributed by atoms with van der Waals surface area (Å²) in [6.07, 6.45) is 9.07. The molecular formula is C17H20N6O2. The van der Waals surface area contributed by atoms with Crippen molar-refractivity contribution >= 4 is 11.9 Å². The average molecular weight is 340 g/mol. The summed E-state index contributed by atoms with van der Waals surface area (Å²) in [7, 11) is 0. The van der Waals surface area contributed by atoms with E-state index < -0.39 is 0 Å². The first-order valence-corrected chi connectivity index (χ1v) is 8.48. The smallest absolute Gasteiger partial charge is 0.255 e. The lowest BCUT2D eigenvalue weighted by molar-refractivity contribution is -0.0721. The molecule has 0 bridgehead atoms. The Hall–Kier alpha value is -2.61. The number of carbonyl (C=O) groups excluding carboxylic acids is 1. The van der Waals surface area contributed by atoms with Crippen molar-refractivity contribution < 1.29 is 9.53 Å². The fraction of sp³-hybridized carbons (Fsp3) is 0.471. The maximum Gasteiger partial charge on any atom is 0.255 e. The van der Waals surface area contributed by atoms with Gasteiger partial charge in [-0.15, -0.1) is 0 Å². The van der Waals surface area contributed by atoms with Gasteiger partial charge in [-0.3, -0.25) is 4.79 Å². The molecule has 1 amide bonds. The lowest BCUT2D eigenvalue weighted by Crippen LogP contribution is -2.47. The SMILES string of the molecule is O=C(c1ccnnc1)N1CC[C@]2(C[C@H](Nc3ncccn3)CCO2)C1. The van der Waals surface area contributed by atoms with E-state index in [1.807, 2.05) is 4.90 Å². The van der Waals surface area contributed by atoms with E-state index in [4.69, 9.17) is 4.74 Å². The van der Waals surface area contributed by atoms with Crippen molar-refractivity contribution in [3.63, 3.8) is 0 Å². The second-order valence-electron chi connectivity index (χ2n) is 6.55. The van der Waals surface area contributed by atoms with Crippen molar-refractivity contribution in [3.8, 4) is 0 Å². The van der Waals surface area contributed by atoms with Gasteiger partial charge < -0.3 is 15.0 Å². The van der Waals surface area contributed by atoms with Crippen molar-refractivity contribution in [1.29, 1.82) is 0 Å². The Balaban J connectivity index is 1.41. The second-order valence-corrected chi connectivity index (χ2v) is 6.55.